The average Bonchev–Trinajstić information content (AvgIpc) is 2.28. The fraction of sp³-hybridized carbons (Fsp3) is 0.333. The van der Waals surface area contributed by atoms with Crippen molar-refractivity contribution in [1.29, 1.82) is 0 Å². The van der Waals surface area contributed by atoms with Crippen molar-refractivity contribution in [2.75, 3.05) is 0 Å². The van der Waals surface area contributed by atoms with Crippen LogP contribution in [-0.4, -0.2) is 6.17 Å². The largest absolute Gasteiger partial charge is 0.322 e. The van der Waals surface area contributed by atoms with Crippen molar-refractivity contribution < 1.29 is 4.39 Å². The molecule has 1 aliphatic carbocycles. The molecule has 0 unspecified atom stereocenters. The maximum Gasteiger partial charge on any atom is 0.123 e. The highest BCUT2D eigenvalue weighted by Gasteiger charge is 2.29. The molecule has 0 amide bonds. The molecule has 0 heterocycles. The van der Waals surface area contributed by atoms with Gasteiger partial charge in [0, 0.05) is 10.9 Å². The molecular weight excluding hydrogens is 256 g/mol. The highest BCUT2D eigenvalue weighted by Crippen LogP contribution is 2.33. The van der Waals surface area contributed by atoms with Crippen LogP contribution in [0.15, 0.2) is 22.7 Å². The minimum Gasteiger partial charge on any atom is -0.322 e. The second-order valence-electron chi connectivity index (χ2n) is 3.09. The van der Waals surface area contributed by atoms with Crippen LogP contribution in [0.1, 0.15) is 17.2 Å². The molecule has 2 N–H and O–H groups in total. The highest BCUT2D eigenvalue weighted by molar-refractivity contribution is 9.10. The van der Waals surface area contributed by atoms with Gasteiger partial charge in [0.05, 0.1) is 6.04 Å². The third-order valence-electron chi connectivity index (χ3n) is 2.27. The van der Waals surface area contributed by atoms with E-state index in [1.54, 1.807) is 0 Å². The van der Waals surface area contributed by atoms with Crippen molar-refractivity contribution >= 4 is 28.3 Å². The first kappa shape index (κ1) is 11.0. The Hall–Kier alpha value is -0.120. The number of rotatable bonds is 0. The monoisotopic (exact) mass is 265 g/mol. The first-order valence-corrected chi connectivity index (χ1v) is 4.66. The molecule has 2 rings (SSSR count). The maximum absolute atomic E-state index is 13.1. The van der Waals surface area contributed by atoms with Gasteiger partial charge in [0.25, 0.3) is 0 Å². The predicted octanol–water partition coefficient (Wildman–Crippen LogP) is 2.76. The Morgan fingerprint density at radius 3 is 2.85 bits per heavy atom. The topological polar surface area (TPSA) is 26.0 Å². The van der Waals surface area contributed by atoms with E-state index in [4.69, 9.17) is 5.73 Å². The molecule has 1 aromatic rings. The Morgan fingerprint density at radius 1 is 1.46 bits per heavy atom. The lowest BCUT2D eigenvalue weighted by molar-refractivity contribution is 0.303. The van der Waals surface area contributed by atoms with Gasteiger partial charge < -0.3 is 5.73 Å². The number of hydrogen-bond donors (Lipinski definition) is 1. The Labute approximate surface area is 91.0 Å². The second-order valence-corrected chi connectivity index (χ2v) is 4.00. The van der Waals surface area contributed by atoms with Crippen molar-refractivity contribution in [3.63, 3.8) is 0 Å². The van der Waals surface area contributed by atoms with Crippen LogP contribution in [0.25, 0.3) is 0 Å². The third-order valence-corrected chi connectivity index (χ3v) is 2.76. The first-order chi connectivity index (χ1) is 5.68. The smallest absolute Gasteiger partial charge is 0.123 e. The molecule has 0 aliphatic heterocycles. The summed E-state index contributed by atoms with van der Waals surface area (Å²) in [6.07, 6.45) is -0.454. The molecule has 0 saturated heterocycles. The summed E-state index contributed by atoms with van der Waals surface area (Å²) in [5.41, 5.74) is 7.63. The van der Waals surface area contributed by atoms with Gasteiger partial charge in [0.1, 0.15) is 6.17 Å². The molecule has 1 nitrogen and oxygen atoms in total. The summed E-state index contributed by atoms with van der Waals surface area (Å²) in [5, 5.41) is 0. The van der Waals surface area contributed by atoms with E-state index in [1.807, 2.05) is 18.2 Å². The molecule has 13 heavy (non-hydrogen) atoms. The van der Waals surface area contributed by atoms with E-state index in [2.05, 4.69) is 15.9 Å². The van der Waals surface area contributed by atoms with Gasteiger partial charge in [-0.3, -0.25) is 0 Å². The number of benzene rings is 1. The molecule has 0 saturated carbocycles. The zero-order valence-corrected chi connectivity index (χ0v) is 9.24. The quantitative estimate of drug-likeness (QED) is 0.768. The van der Waals surface area contributed by atoms with E-state index in [1.165, 1.54) is 0 Å². The van der Waals surface area contributed by atoms with E-state index in [-0.39, 0.29) is 12.4 Å². The van der Waals surface area contributed by atoms with Crippen molar-refractivity contribution in [1.82, 2.24) is 0 Å². The third kappa shape index (κ3) is 1.87. The number of halogens is 3. The Balaban J connectivity index is 0.000000845. The molecule has 0 bridgehead atoms. The van der Waals surface area contributed by atoms with E-state index < -0.39 is 12.2 Å². The number of nitrogens with two attached hydrogens (primary N) is 1. The highest BCUT2D eigenvalue weighted by atomic mass is 79.9. The van der Waals surface area contributed by atoms with Gasteiger partial charge in [-0.25, -0.2) is 4.39 Å². The van der Waals surface area contributed by atoms with Gasteiger partial charge in [-0.2, -0.15) is 0 Å². The van der Waals surface area contributed by atoms with E-state index >= 15 is 0 Å². The summed E-state index contributed by atoms with van der Waals surface area (Å²) in [6, 6.07) is 5.31. The van der Waals surface area contributed by atoms with Gasteiger partial charge in [0.2, 0.25) is 0 Å². The summed E-state index contributed by atoms with van der Waals surface area (Å²) in [6.45, 7) is 0. The molecule has 2 atom stereocenters. The molecule has 72 valence electrons. The van der Waals surface area contributed by atoms with Gasteiger partial charge in [-0.05, 0) is 23.3 Å². The molecule has 0 fully saturated rings. The van der Waals surface area contributed by atoms with Crippen LogP contribution in [0.2, 0.25) is 0 Å². The summed E-state index contributed by atoms with van der Waals surface area (Å²) in [4.78, 5) is 0. The van der Waals surface area contributed by atoms with Crippen molar-refractivity contribution in [3.05, 3.63) is 33.8 Å². The Morgan fingerprint density at radius 2 is 2.15 bits per heavy atom. The lowest BCUT2D eigenvalue weighted by Gasteiger charge is -2.05. The Kier molecular flexibility index (Phi) is 3.33. The fourth-order valence-corrected chi connectivity index (χ4v) is 2.02. The van der Waals surface area contributed by atoms with Gasteiger partial charge in [-0.1, -0.05) is 22.0 Å². The van der Waals surface area contributed by atoms with Crippen LogP contribution >= 0.6 is 28.3 Å². The van der Waals surface area contributed by atoms with Gasteiger partial charge in [0.15, 0.2) is 0 Å². The van der Waals surface area contributed by atoms with E-state index in [0.29, 0.717) is 6.42 Å². The number of fused-ring (bicyclic) bond motifs is 1. The van der Waals surface area contributed by atoms with Crippen molar-refractivity contribution in [2.24, 2.45) is 5.73 Å². The van der Waals surface area contributed by atoms with Crippen molar-refractivity contribution in [3.8, 4) is 0 Å². The van der Waals surface area contributed by atoms with Crippen LogP contribution in [0.3, 0.4) is 0 Å². The fourth-order valence-electron chi connectivity index (χ4n) is 1.61. The number of hydrogen-bond acceptors (Lipinski definition) is 1. The summed E-state index contributed by atoms with van der Waals surface area (Å²) in [5.74, 6) is 0. The zero-order chi connectivity index (χ0) is 8.72. The maximum atomic E-state index is 13.1. The molecule has 1 aliphatic rings. The van der Waals surface area contributed by atoms with Crippen LogP contribution < -0.4 is 5.73 Å². The molecule has 1 aromatic carbocycles. The molecule has 0 spiro atoms. The second kappa shape index (κ2) is 3.95. The van der Waals surface area contributed by atoms with Crippen LogP contribution in [-0.2, 0) is 6.42 Å². The van der Waals surface area contributed by atoms with E-state index in [0.717, 1.165) is 15.6 Å². The van der Waals surface area contributed by atoms with Crippen molar-refractivity contribution in [2.45, 2.75) is 18.6 Å². The van der Waals surface area contributed by atoms with Gasteiger partial charge >= 0.3 is 0 Å². The molecule has 0 radical (unpaired) electrons. The molecule has 0 aromatic heterocycles. The predicted molar refractivity (Wildman–Crippen MR) is 56.9 cm³/mol. The summed E-state index contributed by atoms with van der Waals surface area (Å²) < 4.78 is 14.1. The normalized spacial score (nSPS) is 25.2. The lowest BCUT2D eigenvalue weighted by Crippen LogP contribution is -2.17. The summed E-state index contributed by atoms with van der Waals surface area (Å²) in [7, 11) is 0. The SMILES string of the molecule is Cl.N[C@@H]1c2ccc(Br)cc2C[C@@H]1F. The number of alkyl halides is 1. The van der Waals surface area contributed by atoms with Crippen LogP contribution in [0, 0.1) is 0 Å². The Bertz CT molecular complexity index is 318. The minimum absolute atomic E-state index is 0. The molecular formula is C9H10BrClFN. The lowest BCUT2D eigenvalue weighted by atomic mass is 10.1. The standard InChI is InChI=1S/C9H9BrFN.ClH/c10-6-1-2-7-5(3-6)4-8(11)9(7)12;/h1-3,8-9H,4,12H2;1H/t8-,9+;/m0./s1. The van der Waals surface area contributed by atoms with E-state index in [9.17, 15) is 4.39 Å². The zero-order valence-electron chi connectivity index (χ0n) is 6.84. The van der Waals surface area contributed by atoms with Crippen LogP contribution in [0.5, 0.6) is 0 Å². The molecule has 4 heteroatoms. The van der Waals surface area contributed by atoms with Crippen LogP contribution in [0.4, 0.5) is 4.39 Å². The average molecular weight is 267 g/mol. The first-order valence-electron chi connectivity index (χ1n) is 3.86. The van der Waals surface area contributed by atoms with Gasteiger partial charge in [-0.15, -0.1) is 12.4 Å². The summed E-state index contributed by atoms with van der Waals surface area (Å²) >= 11 is 3.34. The minimum atomic E-state index is -0.908.